The number of hydrogen-bond donors (Lipinski definition) is 3. The second kappa shape index (κ2) is 13.7. The van der Waals surface area contributed by atoms with Gasteiger partial charge in [0.15, 0.2) is 0 Å². The summed E-state index contributed by atoms with van der Waals surface area (Å²) in [6, 6.07) is 11.2. The molecule has 0 aromatic heterocycles. The SMILES string of the molecule is CC(C)C[C@H](NC(=O)OC(C)(C)C)C(=O)NS(=O)(=O)c1cccc(Br)c1.NS(=O)(=O)c1cccc(Br)c1. The summed E-state index contributed by atoms with van der Waals surface area (Å²) >= 11 is 6.33. The van der Waals surface area contributed by atoms with Crippen LogP contribution >= 0.6 is 31.9 Å². The zero-order valence-corrected chi connectivity index (χ0v) is 25.8. The molecule has 2 aromatic rings. The van der Waals surface area contributed by atoms with Crippen LogP contribution in [0.2, 0.25) is 0 Å². The number of carbonyl (C=O) groups excluding carboxylic acids is 2. The van der Waals surface area contributed by atoms with E-state index < -0.39 is 43.7 Å². The first-order valence-corrected chi connectivity index (χ1v) is 15.5. The molecule has 1 atom stereocenters. The van der Waals surface area contributed by atoms with Crippen molar-refractivity contribution >= 4 is 63.9 Å². The molecule has 14 heteroatoms. The molecule has 0 saturated carbocycles. The Balaban J connectivity index is 0.000000516. The van der Waals surface area contributed by atoms with Gasteiger partial charge in [-0.1, -0.05) is 57.8 Å². The summed E-state index contributed by atoms with van der Waals surface area (Å²) in [6.07, 6.45) is -0.517. The van der Waals surface area contributed by atoms with Gasteiger partial charge in [-0.2, -0.15) is 0 Å². The van der Waals surface area contributed by atoms with Crippen molar-refractivity contribution in [2.24, 2.45) is 11.1 Å². The molecule has 0 aliphatic rings. The largest absolute Gasteiger partial charge is 0.444 e. The molecular weight excluding hydrogens is 654 g/mol. The number of nitrogens with one attached hydrogen (secondary N) is 2. The number of amides is 2. The minimum atomic E-state index is -4.06. The summed E-state index contributed by atoms with van der Waals surface area (Å²) in [7, 11) is -7.61. The van der Waals surface area contributed by atoms with E-state index in [1.54, 1.807) is 45.0 Å². The zero-order valence-electron chi connectivity index (χ0n) is 21.0. The van der Waals surface area contributed by atoms with E-state index in [0.29, 0.717) is 8.95 Å². The van der Waals surface area contributed by atoms with E-state index in [4.69, 9.17) is 9.88 Å². The van der Waals surface area contributed by atoms with Crippen LogP contribution in [0.4, 0.5) is 4.79 Å². The lowest BCUT2D eigenvalue weighted by atomic mass is 10.0. The van der Waals surface area contributed by atoms with E-state index in [9.17, 15) is 26.4 Å². The van der Waals surface area contributed by atoms with Crippen molar-refractivity contribution in [2.45, 2.75) is 62.5 Å². The Bertz CT molecular complexity index is 1310. The molecule has 0 radical (unpaired) electrons. The first kappa shape index (κ1) is 33.0. The fourth-order valence-corrected chi connectivity index (χ4v) is 5.42. The molecule has 2 amide bonds. The molecule has 0 fully saturated rings. The van der Waals surface area contributed by atoms with E-state index in [-0.39, 0.29) is 22.1 Å². The smallest absolute Gasteiger partial charge is 0.408 e. The van der Waals surface area contributed by atoms with E-state index >= 15 is 0 Å². The van der Waals surface area contributed by atoms with Crippen LogP contribution in [-0.4, -0.2) is 40.5 Å². The van der Waals surface area contributed by atoms with Gasteiger partial charge in [0.25, 0.3) is 15.9 Å². The number of rotatable bonds is 7. The minimum absolute atomic E-state index is 0.0502. The van der Waals surface area contributed by atoms with Crippen molar-refractivity contribution in [1.82, 2.24) is 10.0 Å². The van der Waals surface area contributed by atoms with Crippen LogP contribution in [0, 0.1) is 5.92 Å². The molecule has 2 aromatic carbocycles. The topological polar surface area (TPSA) is 162 Å². The number of sulfonamides is 2. The van der Waals surface area contributed by atoms with Gasteiger partial charge >= 0.3 is 6.09 Å². The summed E-state index contributed by atoms with van der Waals surface area (Å²) in [5.41, 5.74) is -0.731. The fraction of sp³-hybridized carbons (Fsp3) is 0.391. The van der Waals surface area contributed by atoms with Crippen molar-refractivity contribution in [1.29, 1.82) is 0 Å². The average molecular weight is 685 g/mol. The summed E-state index contributed by atoms with van der Waals surface area (Å²) in [5.74, 6) is -0.765. The number of hydrogen-bond acceptors (Lipinski definition) is 7. The Morgan fingerprint density at radius 1 is 0.946 bits per heavy atom. The molecule has 0 saturated heterocycles. The molecule has 0 spiro atoms. The van der Waals surface area contributed by atoms with Crippen LogP contribution in [0.5, 0.6) is 0 Å². The Hall–Kier alpha value is -2.00. The average Bonchev–Trinajstić information content (AvgIpc) is 2.71. The third kappa shape index (κ3) is 12.9. The van der Waals surface area contributed by atoms with E-state index in [0.717, 1.165) is 0 Å². The van der Waals surface area contributed by atoms with Crippen molar-refractivity contribution in [3.05, 3.63) is 57.5 Å². The van der Waals surface area contributed by atoms with E-state index in [1.165, 1.54) is 24.3 Å². The van der Waals surface area contributed by atoms with Crippen molar-refractivity contribution in [3.63, 3.8) is 0 Å². The number of nitrogens with two attached hydrogens (primary N) is 1. The third-order valence-corrected chi connectivity index (χ3v) is 7.42. The monoisotopic (exact) mass is 683 g/mol. The van der Waals surface area contributed by atoms with Crippen LogP contribution < -0.4 is 15.2 Å². The van der Waals surface area contributed by atoms with Gasteiger partial charge in [-0.3, -0.25) is 4.79 Å². The van der Waals surface area contributed by atoms with Gasteiger partial charge in [0.2, 0.25) is 10.0 Å². The Labute approximate surface area is 235 Å². The van der Waals surface area contributed by atoms with Crippen molar-refractivity contribution < 1.29 is 31.2 Å². The molecular formula is C23H31Br2N3O7S2. The van der Waals surface area contributed by atoms with E-state index in [1.807, 2.05) is 18.6 Å². The first-order valence-electron chi connectivity index (χ1n) is 10.9. The Kier molecular flexibility index (Phi) is 12.2. The molecule has 37 heavy (non-hydrogen) atoms. The lowest BCUT2D eigenvalue weighted by Gasteiger charge is -2.24. The quantitative estimate of drug-likeness (QED) is 0.392. The highest BCUT2D eigenvalue weighted by Crippen LogP contribution is 2.17. The number of halogens is 2. The number of carbonyl (C=O) groups is 2. The summed E-state index contributed by atoms with van der Waals surface area (Å²) in [5, 5.41) is 7.32. The molecule has 0 heterocycles. The van der Waals surface area contributed by atoms with Crippen molar-refractivity contribution in [3.8, 4) is 0 Å². The fourth-order valence-electron chi connectivity index (χ4n) is 2.69. The van der Waals surface area contributed by atoms with Crippen LogP contribution in [-0.2, 0) is 29.6 Å². The third-order valence-electron chi connectivity index (χ3n) is 4.18. The molecule has 0 bridgehead atoms. The maximum absolute atomic E-state index is 12.5. The lowest BCUT2D eigenvalue weighted by Crippen LogP contribution is -2.50. The number of ether oxygens (including phenoxy) is 1. The molecule has 10 nitrogen and oxygen atoms in total. The van der Waals surface area contributed by atoms with Crippen molar-refractivity contribution in [2.75, 3.05) is 0 Å². The predicted octanol–water partition coefficient (Wildman–Crippen LogP) is 4.29. The zero-order chi connectivity index (χ0) is 28.6. The Morgan fingerprint density at radius 2 is 1.43 bits per heavy atom. The van der Waals surface area contributed by atoms with Gasteiger partial charge in [0, 0.05) is 8.95 Å². The van der Waals surface area contributed by atoms with Gasteiger partial charge in [0.05, 0.1) is 9.79 Å². The second-order valence-corrected chi connectivity index (χ2v) is 14.3. The maximum atomic E-state index is 12.5. The second-order valence-electron chi connectivity index (χ2n) is 9.26. The van der Waals surface area contributed by atoms with Gasteiger partial charge in [-0.05, 0) is 69.5 Å². The molecule has 2 rings (SSSR count). The van der Waals surface area contributed by atoms with Crippen LogP contribution in [0.15, 0.2) is 67.3 Å². The van der Waals surface area contributed by atoms with E-state index in [2.05, 4.69) is 37.2 Å². The van der Waals surface area contributed by atoms with Gasteiger partial charge in [0.1, 0.15) is 11.6 Å². The highest BCUT2D eigenvalue weighted by Gasteiger charge is 2.28. The predicted molar refractivity (Wildman–Crippen MR) is 148 cm³/mol. The molecule has 0 unspecified atom stereocenters. The first-order chi connectivity index (χ1) is 16.8. The summed E-state index contributed by atoms with van der Waals surface area (Å²) < 4.78 is 54.7. The van der Waals surface area contributed by atoms with Gasteiger partial charge in [-0.15, -0.1) is 0 Å². The number of benzene rings is 2. The van der Waals surface area contributed by atoms with Crippen LogP contribution in [0.3, 0.4) is 0 Å². The number of alkyl carbamates (subject to hydrolysis) is 1. The minimum Gasteiger partial charge on any atom is -0.444 e. The molecule has 4 N–H and O–H groups in total. The van der Waals surface area contributed by atoms with Gasteiger partial charge in [-0.25, -0.2) is 31.5 Å². The molecule has 0 aliphatic heterocycles. The Morgan fingerprint density at radius 3 is 1.84 bits per heavy atom. The van der Waals surface area contributed by atoms with Crippen LogP contribution in [0.25, 0.3) is 0 Å². The van der Waals surface area contributed by atoms with Crippen LogP contribution in [0.1, 0.15) is 41.0 Å². The molecule has 0 aliphatic carbocycles. The summed E-state index contributed by atoms with van der Waals surface area (Å²) in [6.45, 7) is 8.81. The van der Waals surface area contributed by atoms with Gasteiger partial charge < -0.3 is 10.1 Å². The highest BCUT2D eigenvalue weighted by molar-refractivity contribution is 9.10. The normalized spacial score (nSPS) is 12.7. The number of primary sulfonamides is 1. The standard InChI is InChI=1S/C17H25BrN2O5S.C6H6BrNO2S/c1-11(2)9-14(19-16(22)25-17(3,4)5)15(21)20-26(23,24)13-8-6-7-12(18)10-13;7-5-2-1-3-6(4-5)11(8,9)10/h6-8,10-11,14H,9H2,1-5H3,(H,19,22)(H,20,21);1-4H,(H2,8,9,10)/t14-;/m0./s1. The maximum Gasteiger partial charge on any atom is 0.408 e. The lowest BCUT2D eigenvalue weighted by molar-refractivity contribution is -0.121. The molecule has 206 valence electrons. The highest BCUT2D eigenvalue weighted by atomic mass is 79.9. The summed E-state index contributed by atoms with van der Waals surface area (Å²) in [4.78, 5) is 24.5.